The van der Waals surface area contributed by atoms with Crippen molar-refractivity contribution >= 4 is 5.97 Å². The van der Waals surface area contributed by atoms with Crippen LogP contribution in [0.4, 0.5) is 0 Å². The average molecular weight is 265 g/mol. The number of esters is 1. The van der Waals surface area contributed by atoms with E-state index in [2.05, 4.69) is 30.0 Å². The van der Waals surface area contributed by atoms with Crippen LogP contribution < -0.4 is 10.1 Å². The summed E-state index contributed by atoms with van der Waals surface area (Å²) in [6.07, 6.45) is -0.611. The molecule has 0 amide bonds. The third kappa shape index (κ3) is 4.24. The van der Waals surface area contributed by atoms with Gasteiger partial charge in [0.25, 0.3) is 0 Å². The second-order valence-electron chi connectivity index (χ2n) is 4.60. The molecule has 0 aliphatic rings. The van der Waals surface area contributed by atoms with Crippen LogP contribution in [0, 0.1) is 6.92 Å². The van der Waals surface area contributed by atoms with Gasteiger partial charge in [-0.2, -0.15) is 0 Å². The molecule has 0 bridgehead atoms. The molecule has 1 aromatic carbocycles. The van der Waals surface area contributed by atoms with Crippen LogP contribution >= 0.6 is 0 Å². The first kappa shape index (κ1) is 15.5. The van der Waals surface area contributed by atoms with Crippen LogP contribution in [0.1, 0.15) is 37.9 Å². The molecule has 0 heterocycles. The Morgan fingerprint density at radius 2 is 2.05 bits per heavy atom. The molecule has 106 valence electrons. The van der Waals surface area contributed by atoms with Crippen molar-refractivity contribution in [1.82, 2.24) is 5.32 Å². The zero-order chi connectivity index (χ0) is 14.4. The predicted octanol–water partition coefficient (Wildman–Crippen LogP) is 2.61. The van der Waals surface area contributed by atoms with E-state index in [0.29, 0.717) is 0 Å². The fourth-order valence-corrected chi connectivity index (χ4v) is 1.93. The monoisotopic (exact) mass is 265 g/mol. The third-order valence-corrected chi connectivity index (χ3v) is 2.98. The van der Waals surface area contributed by atoms with Crippen LogP contribution in [-0.2, 0) is 9.53 Å². The van der Waals surface area contributed by atoms with Gasteiger partial charge in [0, 0.05) is 11.6 Å². The van der Waals surface area contributed by atoms with Gasteiger partial charge in [0.2, 0.25) is 0 Å². The Morgan fingerprint density at radius 1 is 1.37 bits per heavy atom. The Hall–Kier alpha value is -1.55. The number of carbonyl (C=O) groups is 1. The van der Waals surface area contributed by atoms with E-state index in [0.717, 1.165) is 23.4 Å². The highest BCUT2D eigenvalue weighted by molar-refractivity contribution is 5.74. The molecule has 2 atom stereocenters. The molecule has 0 fully saturated rings. The van der Waals surface area contributed by atoms with Gasteiger partial charge in [0.1, 0.15) is 5.75 Å². The van der Waals surface area contributed by atoms with Crippen molar-refractivity contribution in [2.75, 3.05) is 13.7 Å². The minimum Gasteiger partial charge on any atom is -0.479 e. The van der Waals surface area contributed by atoms with E-state index in [9.17, 15) is 4.79 Å². The maximum Gasteiger partial charge on any atom is 0.346 e. The van der Waals surface area contributed by atoms with Gasteiger partial charge < -0.3 is 14.8 Å². The smallest absolute Gasteiger partial charge is 0.346 e. The number of hydrogen-bond donors (Lipinski definition) is 1. The van der Waals surface area contributed by atoms with Crippen molar-refractivity contribution in [2.24, 2.45) is 0 Å². The van der Waals surface area contributed by atoms with Crippen LogP contribution in [0.5, 0.6) is 5.75 Å². The van der Waals surface area contributed by atoms with Crippen molar-refractivity contribution in [1.29, 1.82) is 0 Å². The fourth-order valence-electron chi connectivity index (χ4n) is 1.93. The summed E-state index contributed by atoms with van der Waals surface area (Å²) >= 11 is 0. The molecule has 1 rings (SSSR count). The third-order valence-electron chi connectivity index (χ3n) is 2.98. The summed E-state index contributed by atoms with van der Waals surface area (Å²) < 4.78 is 10.4. The van der Waals surface area contributed by atoms with Crippen LogP contribution in [0.25, 0.3) is 0 Å². The first-order valence-corrected chi connectivity index (χ1v) is 6.58. The Kier molecular flexibility index (Phi) is 5.83. The largest absolute Gasteiger partial charge is 0.479 e. The lowest BCUT2D eigenvalue weighted by Crippen LogP contribution is -2.26. The lowest BCUT2D eigenvalue weighted by Gasteiger charge is -2.20. The maximum absolute atomic E-state index is 11.4. The molecule has 0 spiro atoms. The SMILES string of the molecule is CCNC(C)c1cc(C)ccc1OC(C)C(=O)OC. The van der Waals surface area contributed by atoms with Gasteiger partial charge >= 0.3 is 5.97 Å². The molecule has 19 heavy (non-hydrogen) atoms. The standard InChI is InChI=1S/C15H23NO3/c1-6-16-11(3)13-9-10(2)7-8-14(13)19-12(4)15(17)18-5/h7-9,11-12,16H,6H2,1-5H3. The number of carbonyl (C=O) groups excluding carboxylic acids is 1. The lowest BCUT2D eigenvalue weighted by molar-refractivity contribution is -0.147. The molecule has 0 saturated heterocycles. The van der Waals surface area contributed by atoms with E-state index >= 15 is 0 Å². The summed E-state index contributed by atoms with van der Waals surface area (Å²) in [7, 11) is 1.36. The van der Waals surface area contributed by atoms with Gasteiger partial charge in [-0.25, -0.2) is 4.79 Å². The van der Waals surface area contributed by atoms with Crippen molar-refractivity contribution in [3.05, 3.63) is 29.3 Å². The second-order valence-corrected chi connectivity index (χ2v) is 4.60. The number of nitrogens with one attached hydrogen (secondary N) is 1. The number of ether oxygens (including phenoxy) is 2. The molecule has 0 radical (unpaired) electrons. The number of rotatable bonds is 6. The van der Waals surface area contributed by atoms with E-state index in [4.69, 9.17) is 4.74 Å². The highest BCUT2D eigenvalue weighted by atomic mass is 16.6. The van der Waals surface area contributed by atoms with Gasteiger partial charge in [-0.1, -0.05) is 24.6 Å². The van der Waals surface area contributed by atoms with E-state index in [-0.39, 0.29) is 12.0 Å². The van der Waals surface area contributed by atoms with Crippen LogP contribution in [0.3, 0.4) is 0 Å². The minimum atomic E-state index is -0.611. The Bertz CT molecular complexity index is 431. The molecule has 0 saturated carbocycles. The van der Waals surface area contributed by atoms with Crippen LogP contribution in [-0.4, -0.2) is 25.7 Å². The molecule has 1 aromatic rings. The van der Waals surface area contributed by atoms with Crippen LogP contribution in [0.2, 0.25) is 0 Å². The van der Waals surface area contributed by atoms with E-state index < -0.39 is 6.10 Å². The van der Waals surface area contributed by atoms with Gasteiger partial charge in [-0.15, -0.1) is 0 Å². The quantitative estimate of drug-likeness (QED) is 0.803. The number of methoxy groups -OCH3 is 1. The summed E-state index contributed by atoms with van der Waals surface area (Å²) in [6.45, 7) is 8.74. The summed E-state index contributed by atoms with van der Waals surface area (Å²) in [4.78, 5) is 11.4. The zero-order valence-corrected chi connectivity index (χ0v) is 12.3. The van der Waals surface area contributed by atoms with Gasteiger partial charge in [-0.3, -0.25) is 0 Å². The highest BCUT2D eigenvalue weighted by Crippen LogP contribution is 2.27. The number of hydrogen-bond acceptors (Lipinski definition) is 4. The highest BCUT2D eigenvalue weighted by Gasteiger charge is 2.18. The summed E-state index contributed by atoms with van der Waals surface area (Å²) in [5.41, 5.74) is 2.22. The van der Waals surface area contributed by atoms with Gasteiger partial charge in [-0.05, 0) is 33.4 Å². The molecule has 0 aliphatic carbocycles. The molecule has 4 heteroatoms. The molecule has 0 aliphatic heterocycles. The topological polar surface area (TPSA) is 47.6 Å². The lowest BCUT2D eigenvalue weighted by atomic mass is 10.0. The average Bonchev–Trinajstić information content (AvgIpc) is 2.39. The zero-order valence-electron chi connectivity index (χ0n) is 12.3. The van der Waals surface area contributed by atoms with Crippen molar-refractivity contribution in [2.45, 2.75) is 39.8 Å². The summed E-state index contributed by atoms with van der Waals surface area (Å²) in [5.74, 6) is 0.347. The fraction of sp³-hybridized carbons (Fsp3) is 0.533. The molecule has 1 N–H and O–H groups in total. The number of benzene rings is 1. The molecular weight excluding hydrogens is 242 g/mol. The van der Waals surface area contributed by atoms with E-state index in [1.165, 1.54) is 7.11 Å². The molecule has 4 nitrogen and oxygen atoms in total. The molecular formula is C15H23NO3. The van der Waals surface area contributed by atoms with Crippen LogP contribution in [0.15, 0.2) is 18.2 Å². The normalized spacial score (nSPS) is 13.7. The Morgan fingerprint density at radius 3 is 2.63 bits per heavy atom. The molecule has 0 aromatic heterocycles. The predicted molar refractivity (Wildman–Crippen MR) is 75.4 cm³/mol. The number of aryl methyl sites for hydroxylation is 1. The molecule has 2 unspecified atom stereocenters. The van der Waals surface area contributed by atoms with Crippen molar-refractivity contribution < 1.29 is 14.3 Å². The van der Waals surface area contributed by atoms with E-state index in [1.807, 2.05) is 19.1 Å². The van der Waals surface area contributed by atoms with Gasteiger partial charge in [0.15, 0.2) is 6.10 Å². The van der Waals surface area contributed by atoms with Gasteiger partial charge in [0.05, 0.1) is 7.11 Å². The van der Waals surface area contributed by atoms with Crippen molar-refractivity contribution in [3.8, 4) is 5.75 Å². The first-order chi connectivity index (χ1) is 8.99. The second kappa shape index (κ2) is 7.14. The minimum absolute atomic E-state index is 0.171. The van der Waals surface area contributed by atoms with E-state index in [1.54, 1.807) is 6.92 Å². The Balaban J connectivity index is 2.96. The Labute approximate surface area is 115 Å². The van der Waals surface area contributed by atoms with Crippen molar-refractivity contribution in [3.63, 3.8) is 0 Å². The maximum atomic E-state index is 11.4. The summed E-state index contributed by atoms with van der Waals surface area (Å²) in [5, 5.41) is 3.35. The summed E-state index contributed by atoms with van der Waals surface area (Å²) in [6, 6.07) is 6.12. The first-order valence-electron chi connectivity index (χ1n) is 6.58.